The highest BCUT2D eigenvalue weighted by atomic mass is 32.1. The summed E-state index contributed by atoms with van der Waals surface area (Å²) in [6, 6.07) is 14.6. The zero-order valence-corrected chi connectivity index (χ0v) is 17.4. The molecule has 1 N–H and O–H groups in total. The van der Waals surface area contributed by atoms with Crippen molar-refractivity contribution in [3.8, 4) is 10.6 Å². The molecule has 1 fully saturated rings. The van der Waals surface area contributed by atoms with Crippen LogP contribution < -0.4 is 5.32 Å². The van der Waals surface area contributed by atoms with E-state index in [1.54, 1.807) is 28.4 Å². The molecule has 0 atom stereocenters. The topological polar surface area (TPSA) is 88.4 Å². The number of carbonyl (C=O) groups excluding carboxylic acids is 1. The van der Waals surface area contributed by atoms with E-state index in [9.17, 15) is 14.9 Å². The molecule has 154 valence electrons. The van der Waals surface area contributed by atoms with E-state index in [4.69, 9.17) is 0 Å². The molecule has 1 amide bonds. The predicted octanol–water partition coefficient (Wildman–Crippen LogP) is 4.87. The third-order valence-electron chi connectivity index (χ3n) is 5.18. The maximum atomic E-state index is 12.8. The van der Waals surface area contributed by atoms with E-state index < -0.39 is 4.92 Å². The lowest BCUT2D eigenvalue weighted by Gasteiger charge is -2.16. The summed E-state index contributed by atoms with van der Waals surface area (Å²) in [5, 5.41) is 15.7. The number of benzene rings is 2. The largest absolute Gasteiger partial charge is 0.380 e. The highest BCUT2D eigenvalue weighted by Crippen LogP contribution is 2.30. The standard InChI is InChI=1S/C22H22N4O3S/c1-15-20(30-21(24-15)16-7-3-2-4-8-16)14-23-17-9-10-19(26(28)29)18(13-17)22(27)25-11-5-6-12-25/h2-4,7-10,13,23H,5-6,11-12,14H2,1H3. The molecule has 4 rings (SSSR count). The molecule has 0 saturated carbocycles. The Kier molecular flexibility index (Phi) is 5.76. The van der Waals surface area contributed by atoms with Gasteiger partial charge in [0.15, 0.2) is 0 Å². The Bertz CT molecular complexity index is 1080. The average molecular weight is 423 g/mol. The molecule has 1 aliphatic heterocycles. The van der Waals surface area contributed by atoms with E-state index >= 15 is 0 Å². The number of aromatic nitrogens is 1. The van der Waals surface area contributed by atoms with Crippen LogP contribution in [0.3, 0.4) is 0 Å². The van der Waals surface area contributed by atoms with Gasteiger partial charge in [0, 0.05) is 35.3 Å². The van der Waals surface area contributed by atoms with Gasteiger partial charge in [-0.15, -0.1) is 11.3 Å². The number of amides is 1. The molecule has 2 aromatic carbocycles. The highest BCUT2D eigenvalue weighted by Gasteiger charge is 2.27. The second kappa shape index (κ2) is 8.62. The quantitative estimate of drug-likeness (QED) is 0.452. The molecular weight excluding hydrogens is 400 g/mol. The van der Waals surface area contributed by atoms with Crippen LogP contribution >= 0.6 is 11.3 Å². The van der Waals surface area contributed by atoms with E-state index in [1.165, 1.54) is 6.07 Å². The van der Waals surface area contributed by atoms with E-state index in [0.717, 1.165) is 34.0 Å². The second-order valence-electron chi connectivity index (χ2n) is 7.24. The molecule has 2 heterocycles. The average Bonchev–Trinajstić information content (AvgIpc) is 3.42. The number of nitro groups is 1. The first-order valence-electron chi connectivity index (χ1n) is 9.86. The zero-order chi connectivity index (χ0) is 21.1. The zero-order valence-electron chi connectivity index (χ0n) is 16.6. The van der Waals surface area contributed by atoms with Gasteiger partial charge in [-0.25, -0.2) is 4.98 Å². The number of hydrogen-bond donors (Lipinski definition) is 1. The van der Waals surface area contributed by atoms with Gasteiger partial charge in [-0.1, -0.05) is 30.3 Å². The maximum Gasteiger partial charge on any atom is 0.282 e. The molecule has 8 heteroatoms. The summed E-state index contributed by atoms with van der Waals surface area (Å²) < 4.78 is 0. The van der Waals surface area contributed by atoms with Gasteiger partial charge in [0.1, 0.15) is 10.6 Å². The lowest BCUT2D eigenvalue weighted by atomic mass is 10.1. The molecular formula is C22H22N4O3S. The van der Waals surface area contributed by atoms with Crippen LogP contribution in [0.25, 0.3) is 10.6 Å². The number of nitrogens with zero attached hydrogens (tertiary/aromatic N) is 3. The summed E-state index contributed by atoms with van der Waals surface area (Å²) in [6.07, 6.45) is 1.87. The van der Waals surface area contributed by atoms with Crippen LogP contribution in [0.5, 0.6) is 0 Å². The van der Waals surface area contributed by atoms with Gasteiger partial charge in [0.2, 0.25) is 0 Å². The van der Waals surface area contributed by atoms with Crippen LogP contribution in [-0.4, -0.2) is 33.8 Å². The smallest absolute Gasteiger partial charge is 0.282 e. The van der Waals surface area contributed by atoms with E-state index in [2.05, 4.69) is 10.3 Å². The minimum Gasteiger partial charge on any atom is -0.380 e. The fraction of sp³-hybridized carbons (Fsp3) is 0.273. The normalized spacial score (nSPS) is 13.4. The van der Waals surface area contributed by atoms with Crippen molar-refractivity contribution in [2.75, 3.05) is 18.4 Å². The number of carbonyl (C=O) groups is 1. The SMILES string of the molecule is Cc1nc(-c2ccccc2)sc1CNc1ccc([N+](=O)[O-])c(C(=O)N2CCCC2)c1. The fourth-order valence-corrected chi connectivity index (χ4v) is 4.55. The number of likely N-dealkylation sites (tertiary alicyclic amines) is 1. The first kappa shape index (κ1) is 20.0. The second-order valence-corrected chi connectivity index (χ2v) is 8.32. The minimum atomic E-state index is -0.493. The van der Waals surface area contributed by atoms with Gasteiger partial charge in [-0.2, -0.15) is 0 Å². The number of aryl methyl sites for hydroxylation is 1. The van der Waals surface area contributed by atoms with E-state index in [1.807, 2.05) is 37.3 Å². The monoisotopic (exact) mass is 422 g/mol. The molecule has 0 spiro atoms. The van der Waals surface area contributed by atoms with Crippen LogP contribution in [0.2, 0.25) is 0 Å². The van der Waals surface area contributed by atoms with Gasteiger partial charge in [0.25, 0.3) is 11.6 Å². The van der Waals surface area contributed by atoms with Crippen molar-refractivity contribution in [1.29, 1.82) is 0 Å². The summed E-state index contributed by atoms with van der Waals surface area (Å²) in [6.45, 7) is 3.80. The van der Waals surface area contributed by atoms with Crippen LogP contribution in [0.1, 0.15) is 33.8 Å². The van der Waals surface area contributed by atoms with Crippen LogP contribution in [0.15, 0.2) is 48.5 Å². The third-order valence-corrected chi connectivity index (χ3v) is 6.39. The molecule has 0 unspecified atom stereocenters. The summed E-state index contributed by atoms with van der Waals surface area (Å²) >= 11 is 1.61. The van der Waals surface area contributed by atoms with Crippen molar-refractivity contribution in [1.82, 2.24) is 9.88 Å². The molecule has 30 heavy (non-hydrogen) atoms. The van der Waals surface area contributed by atoms with Crippen molar-refractivity contribution in [3.05, 3.63) is 74.8 Å². The molecule has 1 saturated heterocycles. The number of anilines is 1. The van der Waals surface area contributed by atoms with Crippen molar-refractivity contribution < 1.29 is 9.72 Å². The molecule has 7 nitrogen and oxygen atoms in total. The molecule has 0 radical (unpaired) electrons. The molecule has 1 aromatic heterocycles. The predicted molar refractivity (Wildman–Crippen MR) is 118 cm³/mol. The number of hydrogen-bond acceptors (Lipinski definition) is 6. The number of thiazole rings is 1. The van der Waals surface area contributed by atoms with Crippen molar-refractivity contribution >= 4 is 28.6 Å². The molecule has 0 bridgehead atoms. The maximum absolute atomic E-state index is 12.8. The molecule has 1 aliphatic rings. The number of nitro benzene ring substituents is 1. The summed E-state index contributed by atoms with van der Waals surface area (Å²) in [4.78, 5) is 31.2. The lowest BCUT2D eigenvalue weighted by Crippen LogP contribution is -2.28. The van der Waals surface area contributed by atoms with E-state index in [0.29, 0.717) is 25.3 Å². The summed E-state index contributed by atoms with van der Waals surface area (Å²) in [7, 11) is 0. The lowest BCUT2D eigenvalue weighted by molar-refractivity contribution is -0.385. The van der Waals surface area contributed by atoms with Crippen LogP contribution in [-0.2, 0) is 6.54 Å². The van der Waals surface area contributed by atoms with Gasteiger partial charge in [0.05, 0.1) is 17.2 Å². The Hall–Kier alpha value is -3.26. The van der Waals surface area contributed by atoms with Gasteiger partial charge >= 0.3 is 0 Å². The van der Waals surface area contributed by atoms with Gasteiger partial charge in [-0.05, 0) is 31.9 Å². The Morgan fingerprint density at radius 3 is 2.63 bits per heavy atom. The highest BCUT2D eigenvalue weighted by molar-refractivity contribution is 7.15. The van der Waals surface area contributed by atoms with Crippen molar-refractivity contribution in [3.63, 3.8) is 0 Å². The van der Waals surface area contributed by atoms with Crippen LogP contribution in [0, 0.1) is 17.0 Å². The van der Waals surface area contributed by atoms with Crippen molar-refractivity contribution in [2.24, 2.45) is 0 Å². The third kappa shape index (κ3) is 4.18. The van der Waals surface area contributed by atoms with Crippen molar-refractivity contribution in [2.45, 2.75) is 26.3 Å². The summed E-state index contributed by atoms with van der Waals surface area (Å²) in [5.74, 6) is -0.275. The van der Waals surface area contributed by atoms with E-state index in [-0.39, 0.29) is 17.2 Å². The Morgan fingerprint density at radius 2 is 1.93 bits per heavy atom. The molecule has 3 aromatic rings. The Labute approximate surface area is 178 Å². The summed E-state index contributed by atoms with van der Waals surface area (Å²) in [5.41, 5.74) is 2.68. The Morgan fingerprint density at radius 1 is 1.20 bits per heavy atom. The minimum absolute atomic E-state index is 0.137. The van der Waals surface area contributed by atoms with Crippen LogP contribution in [0.4, 0.5) is 11.4 Å². The Balaban J connectivity index is 1.54. The number of nitrogens with one attached hydrogen (secondary N) is 1. The van der Waals surface area contributed by atoms with Gasteiger partial charge in [-0.3, -0.25) is 14.9 Å². The number of rotatable bonds is 6. The van der Waals surface area contributed by atoms with Gasteiger partial charge < -0.3 is 10.2 Å². The first-order chi connectivity index (χ1) is 14.5. The first-order valence-corrected chi connectivity index (χ1v) is 10.7. The fourth-order valence-electron chi connectivity index (χ4n) is 3.55. The molecule has 0 aliphatic carbocycles.